The number of anilines is 2. The standard InChI is InChI=1S/C27H37N9O5Si/c1-7-39-20(37)13-18-19(14-32-35-28)40-25(22(18)41-42(5,6)27(2,3)4)36-16-31-21-23(29-15-30-24(21)36)34-26(38)33-17-11-9-8-10-12-17/h8-12,15-16,18-19,22,25H,7,13-14H2,1-6H3,(H2,29,30,33,34,38)/t18-,19-,22-,25-/m1/s1. The first kappa shape index (κ1) is 30.9. The summed E-state index contributed by atoms with van der Waals surface area (Å²) in [5.74, 6) is -0.654. The Labute approximate surface area is 244 Å². The van der Waals surface area contributed by atoms with Gasteiger partial charge >= 0.3 is 12.0 Å². The highest BCUT2D eigenvalue weighted by molar-refractivity contribution is 6.74. The second-order valence-corrected chi connectivity index (χ2v) is 16.2. The van der Waals surface area contributed by atoms with Crippen LogP contribution in [0.4, 0.5) is 16.3 Å². The van der Waals surface area contributed by atoms with Crippen LogP contribution in [0.3, 0.4) is 0 Å². The van der Waals surface area contributed by atoms with E-state index in [1.165, 1.54) is 6.33 Å². The summed E-state index contributed by atoms with van der Waals surface area (Å²) in [5, 5.41) is 9.10. The Hall–Kier alpha value is -4.04. The Balaban J connectivity index is 1.71. The van der Waals surface area contributed by atoms with E-state index in [0.717, 1.165) is 0 Å². The Morgan fingerprint density at radius 2 is 1.90 bits per heavy atom. The number of esters is 1. The van der Waals surface area contributed by atoms with E-state index in [1.807, 2.05) is 18.2 Å². The summed E-state index contributed by atoms with van der Waals surface area (Å²) in [6.45, 7) is 12.6. The SMILES string of the molecule is CCOC(=O)C[C@H]1[C@@H](O[Si](C)(C)C(C)(C)C)[C@H](n2cnc3c(NC(=O)Nc4ccccc4)ncnc32)O[C@@H]1CN=[N+]=[N-]. The van der Waals surface area contributed by atoms with Crippen LogP contribution in [0.25, 0.3) is 21.6 Å². The topological polar surface area (TPSA) is 178 Å². The van der Waals surface area contributed by atoms with Crippen LogP contribution in [0, 0.1) is 5.92 Å². The van der Waals surface area contributed by atoms with Gasteiger partial charge in [0.15, 0.2) is 31.5 Å². The van der Waals surface area contributed by atoms with E-state index in [2.05, 4.69) is 69.5 Å². The molecular formula is C27H37N9O5Si. The smallest absolute Gasteiger partial charge is 0.324 e. The number of hydrogen-bond acceptors (Lipinski definition) is 9. The number of ether oxygens (including phenoxy) is 2. The molecule has 1 fully saturated rings. The number of carbonyl (C=O) groups is 2. The van der Waals surface area contributed by atoms with Crippen LogP contribution in [-0.2, 0) is 18.7 Å². The molecule has 3 aromatic rings. The highest BCUT2D eigenvalue weighted by atomic mass is 28.4. The van der Waals surface area contributed by atoms with Gasteiger partial charge in [0.2, 0.25) is 0 Å². The van der Waals surface area contributed by atoms with E-state index in [0.29, 0.717) is 16.9 Å². The van der Waals surface area contributed by atoms with Crippen LogP contribution in [0.2, 0.25) is 18.1 Å². The molecule has 0 spiro atoms. The number of rotatable bonds is 10. The number of hydrogen-bond donors (Lipinski definition) is 2. The number of nitrogens with zero attached hydrogens (tertiary/aromatic N) is 7. The minimum Gasteiger partial charge on any atom is -0.466 e. The zero-order chi connectivity index (χ0) is 30.5. The quantitative estimate of drug-likeness (QED) is 0.0994. The molecule has 224 valence electrons. The van der Waals surface area contributed by atoms with E-state index < -0.39 is 44.7 Å². The largest absolute Gasteiger partial charge is 0.466 e. The van der Waals surface area contributed by atoms with Crippen molar-refractivity contribution in [1.82, 2.24) is 19.5 Å². The molecule has 1 aliphatic heterocycles. The van der Waals surface area contributed by atoms with Crippen molar-refractivity contribution in [2.24, 2.45) is 11.0 Å². The molecule has 1 saturated heterocycles. The Kier molecular flexibility index (Phi) is 9.46. The number of urea groups is 1. The number of nitrogens with one attached hydrogen (secondary N) is 2. The normalized spacial score (nSPS) is 20.6. The highest BCUT2D eigenvalue weighted by Gasteiger charge is 2.51. The summed E-state index contributed by atoms with van der Waals surface area (Å²) in [4.78, 5) is 41.5. The second-order valence-electron chi connectivity index (χ2n) is 11.5. The average molecular weight is 596 g/mol. The van der Waals surface area contributed by atoms with Gasteiger partial charge in [-0.05, 0) is 42.7 Å². The number of imidazole rings is 1. The van der Waals surface area contributed by atoms with Crippen molar-refractivity contribution in [1.29, 1.82) is 0 Å². The molecule has 15 heteroatoms. The van der Waals surface area contributed by atoms with Gasteiger partial charge in [0.1, 0.15) is 6.33 Å². The highest BCUT2D eigenvalue weighted by Crippen LogP contribution is 2.45. The molecule has 0 bridgehead atoms. The van der Waals surface area contributed by atoms with Crippen molar-refractivity contribution in [3.63, 3.8) is 0 Å². The van der Waals surface area contributed by atoms with Crippen LogP contribution in [0.5, 0.6) is 0 Å². The van der Waals surface area contributed by atoms with Crippen LogP contribution in [0.15, 0.2) is 48.1 Å². The van der Waals surface area contributed by atoms with E-state index >= 15 is 0 Å². The number of para-hydroxylation sites is 1. The van der Waals surface area contributed by atoms with Crippen molar-refractivity contribution < 1.29 is 23.5 Å². The summed E-state index contributed by atoms with van der Waals surface area (Å²) >= 11 is 0. The lowest BCUT2D eigenvalue weighted by molar-refractivity contribution is -0.145. The zero-order valence-corrected chi connectivity index (χ0v) is 25.6. The number of benzene rings is 1. The first-order chi connectivity index (χ1) is 19.9. The van der Waals surface area contributed by atoms with Gasteiger partial charge in [0, 0.05) is 16.5 Å². The van der Waals surface area contributed by atoms with Crippen molar-refractivity contribution >= 4 is 43.0 Å². The summed E-state index contributed by atoms with van der Waals surface area (Å²) in [5.41, 5.74) is 10.4. The van der Waals surface area contributed by atoms with E-state index in [9.17, 15) is 9.59 Å². The summed E-state index contributed by atoms with van der Waals surface area (Å²) in [6.07, 6.45) is 0.888. The predicted octanol–water partition coefficient (Wildman–Crippen LogP) is 5.64. The molecule has 2 aromatic heterocycles. The number of fused-ring (bicyclic) bond motifs is 1. The number of amides is 2. The lowest BCUT2D eigenvalue weighted by Crippen LogP contribution is -2.47. The molecule has 0 radical (unpaired) electrons. The number of aromatic nitrogens is 4. The van der Waals surface area contributed by atoms with Crippen molar-refractivity contribution in [3.05, 3.63) is 53.4 Å². The first-order valence-corrected chi connectivity index (χ1v) is 16.7. The Morgan fingerprint density at radius 1 is 1.17 bits per heavy atom. The van der Waals surface area contributed by atoms with Crippen molar-refractivity contribution in [2.75, 3.05) is 23.8 Å². The molecule has 2 amide bonds. The Bertz CT molecular complexity index is 1450. The fourth-order valence-corrected chi connectivity index (χ4v) is 5.87. The third-order valence-corrected chi connectivity index (χ3v) is 12.1. The lowest BCUT2D eigenvalue weighted by Gasteiger charge is -2.40. The maximum absolute atomic E-state index is 12.7. The summed E-state index contributed by atoms with van der Waals surface area (Å²) in [6, 6.07) is 8.52. The molecule has 1 aliphatic rings. The molecule has 3 heterocycles. The van der Waals surface area contributed by atoms with Gasteiger partial charge in [-0.1, -0.05) is 44.1 Å². The second kappa shape index (κ2) is 12.9. The fraction of sp³-hybridized carbons (Fsp3) is 0.519. The first-order valence-electron chi connectivity index (χ1n) is 13.8. The monoisotopic (exact) mass is 595 g/mol. The summed E-state index contributed by atoms with van der Waals surface area (Å²) in [7, 11) is -2.40. The lowest BCUT2D eigenvalue weighted by atomic mass is 9.94. The van der Waals surface area contributed by atoms with Gasteiger partial charge in [0.25, 0.3) is 0 Å². The van der Waals surface area contributed by atoms with Crippen LogP contribution in [-0.4, -0.2) is 65.2 Å². The van der Waals surface area contributed by atoms with Gasteiger partial charge in [-0.15, -0.1) is 0 Å². The molecule has 0 aliphatic carbocycles. The van der Waals surface area contributed by atoms with Gasteiger partial charge in [-0.2, -0.15) is 0 Å². The molecule has 4 rings (SSSR count). The molecule has 4 atom stereocenters. The van der Waals surface area contributed by atoms with Gasteiger partial charge in [-0.25, -0.2) is 19.7 Å². The third kappa shape index (κ3) is 6.87. The van der Waals surface area contributed by atoms with Gasteiger partial charge in [0.05, 0.1) is 38.1 Å². The molecular weight excluding hydrogens is 558 g/mol. The van der Waals surface area contributed by atoms with Crippen LogP contribution >= 0.6 is 0 Å². The maximum atomic E-state index is 12.7. The molecule has 2 N–H and O–H groups in total. The molecule has 1 aromatic carbocycles. The minimum absolute atomic E-state index is 0.00249. The summed E-state index contributed by atoms with van der Waals surface area (Å²) < 4.78 is 20.4. The van der Waals surface area contributed by atoms with E-state index in [-0.39, 0.29) is 30.4 Å². The molecule has 42 heavy (non-hydrogen) atoms. The van der Waals surface area contributed by atoms with Gasteiger partial charge in [-0.3, -0.25) is 14.7 Å². The molecule has 0 unspecified atom stereocenters. The average Bonchev–Trinajstić information content (AvgIpc) is 3.49. The third-order valence-electron chi connectivity index (χ3n) is 7.66. The number of carbonyl (C=O) groups excluding carboxylic acids is 2. The zero-order valence-electron chi connectivity index (χ0n) is 24.6. The maximum Gasteiger partial charge on any atom is 0.324 e. The number of azide groups is 1. The van der Waals surface area contributed by atoms with E-state index in [1.54, 1.807) is 30.0 Å². The van der Waals surface area contributed by atoms with Crippen LogP contribution in [0.1, 0.15) is 40.3 Å². The van der Waals surface area contributed by atoms with Gasteiger partial charge < -0.3 is 19.2 Å². The van der Waals surface area contributed by atoms with Crippen LogP contribution < -0.4 is 10.6 Å². The predicted molar refractivity (Wildman–Crippen MR) is 159 cm³/mol. The molecule has 14 nitrogen and oxygen atoms in total. The minimum atomic E-state index is -2.40. The Morgan fingerprint density at radius 3 is 2.57 bits per heavy atom. The van der Waals surface area contributed by atoms with Crippen molar-refractivity contribution in [2.45, 2.75) is 70.7 Å². The van der Waals surface area contributed by atoms with Crippen molar-refractivity contribution in [3.8, 4) is 0 Å². The fourth-order valence-electron chi connectivity index (χ4n) is 4.54. The van der Waals surface area contributed by atoms with E-state index in [4.69, 9.17) is 19.4 Å². The molecule has 0 saturated carbocycles.